The highest BCUT2D eigenvalue weighted by Crippen LogP contribution is 2.28. The van der Waals surface area contributed by atoms with E-state index in [4.69, 9.17) is 23.2 Å². The van der Waals surface area contributed by atoms with E-state index in [1.54, 1.807) is 0 Å². The van der Waals surface area contributed by atoms with Crippen molar-refractivity contribution in [3.63, 3.8) is 0 Å². The quantitative estimate of drug-likeness (QED) is 0.303. The van der Waals surface area contributed by atoms with Crippen molar-refractivity contribution in [3.05, 3.63) is 21.3 Å². The summed E-state index contributed by atoms with van der Waals surface area (Å²) in [5, 5.41) is 0. The minimum absolute atomic E-state index is 0.0199. The predicted molar refractivity (Wildman–Crippen MR) is 56.7 cm³/mol. The summed E-state index contributed by atoms with van der Waals surface area (Å²) >= 11 is 7.26. The average molecular weight is 219 g/mol. The maximum Gasteiger partial charge on any atom is 0.203 e. The van der Waals surface area contributed by atoms with Gasteiger partial charge in [0.25, 0.3) is 0 Å². The number of thiophene rings is 1. The molecule has 0 saturated carbocycles. The molecular formula is C7H11ClN4S. The van der Waals surface area contributed by atoms with Crippen LogP contribution in [0.5, 0.6) is 0 Å². The summed E-state index contributed by atoms with van der Waals surface area (Å²) in [6, 6.07) is 3.73. The van der Waals surface area contributed by atoms with Gasteiger partial charge in [0.15, 0.2) is 0 Å². The Hall–Kier alpha value is -0.780. The lowest BCUT2D eigenvalue weighted by atomic mass is 10.3. The molecule has 0 radical (unpaired) electrons. The number of nitrogens with zero attached hydrogens (tertiary/aromatic N) is 1. The van der Waals surface area contributed by atoms with Gasteiger partial charge in [0.2, 0.25) is 5.96 Å². The van der Waals surface area contributed by atoms with Gasteiger partial charge in [0.1, 0.15) is 0 Å². The van der Waals surface area contributed by atoms with Crippen LogP contribution in [0.3, 0.4) is 0 Å². The number of nitrogens with one attached hydrogen (secondary N) is 1. The Morgan fingerprint density at radius 1 is 1.69 bits per heavy atom. The largest absolute Gasteiger partial charge is 0.369 e. The molecule has 1 aromatic rings. The number of aliphatic imine (C=N–C) groups is 1. The fourth-order valence-corrected chi connectivity index (χ4v) is 1.91. The molecule has 0 aromatic carbocycles. The van der Waals surface area contributed by atoms with E-state index in [0.717, 1.165) is 9.21 Å². The Morgan fingerprint density at radius 3 is 2.85 bits per heavy atom. The smallest absolute Gasteiger partial charge is 0.203 e. The van der Waals surface area contributed by atoms with Crippen molar-refractivity contribution in [1.29, 1.82) is 0 Å². The molecule has 1 rings (SSSR count). The zero-order valence-corrected chi connectivity index (χ0v) is 8.69. The van der Waals surface area contributed by atoms with Crippen LogP contribution in [0.4, 0.5) is 0 Å². The second-order valence-electron chi connectivity index (χ2n) is 2.48. The molecule has 0 saturated heterocycles. The van der Waals surface area contributed by atoms with Crippen LogP contribution >= 0.6 is 22.9 Å². The lowest BCUT2D eigenvalue weighted by Crippen LogP contribution is -2.37. The van der Waals surface area contributed by atoms with Gasteiger partial charge in [0.05, 0.1) is 10.4 Å². The number of halogens is 1. The summed E-state index contributed by atoms with van der Waals surface area (Å²) < 4.78 is 0.747. The minimum Gasteiger partial charge on any atom is -0.369 e. The summed E-state index contributed by atoms with van der Waals surface area (Å²) in [4.78, 5) is 5.15. The van der Waals surface area contributed by atoms with Crippen LogP contribution in [0, 0.1) is 0 Å². The summed E-state index contributed by atoms with van der Waals surface area (Å²) in [6.07, 6.45) is 0. The molecule has 1 aromatic heterocycles. The average Bonchev–Trinajstić information content (AvgIpc) is 2.51. The first kappa shape index (κ1) is 10.3. The van der Waals surface area contributed by atoms with Crippen LogP contribution in [-0.2, 0) is 0 Å². The van der Waals surface area contributed by atoms with Gasteiger partial charge in [-0.1, -0.05) is 11.6 Å². The lowest BCUT2D eigenvalue weighted by molar-refractivity contribution is 0.818. The Labute approximate surface area is 85.6 Å². The van der Waals surface area contributed by atoms with Crippen LogP contribution in [0.25, 0.3) is 0 Å². The molecule has 5 N–H and O–H groups in total. The van der Waals surface area contributed by atoms with Crippen LogP contribution in [0.2, 0.25) is 4.34 Å². The van der Waals surface area contributed by atoms with Crippen molar-refractivity contribution >= 4 is 28.9 Å². The van der Waals surface area contributed by atoms with Gasteiger partial charge in [-0.15, -0.1) is 11.3 Å². The first-order valence-corrected chi connectivity index (χ1v) is 4.88. The molecule has 0 fully saturated rings. The molecule has 0 aliphatic carbocycles. The highest BCUT2D eigenvalue weighted by molar-refractivity contribution is 7.16. The molecule has 13 heavy (non-hydrogen) atoms. The van der Waals surface area contributed by atoms with E-state index in [9.17, 15) is 0 Å². The van der Waals surface area contributed by atoms with Gasteiger partial charge >= 0.3 is 0 Å². The normalized spacial score (nSPS) is 14.2. The van der Waals surface area contributed by atoms with Gasteiger partial charge in [-0.25, -0.2) is 10.8 Å². The predicted octanol–water partition coefficient (Wildman–Crippen LogP) is 1.24. The monoisotopic (exact) mass is 218 g/mol. The first-order chi connectivity index (χ1) is 6.13. The molecule has 1 unspecified atom stereocenters. The first-order valence-electron chi connectivity index (χ1n) is 3.68. The third kappa shape index (κ3) is 2.87. The summed E-state index contributed by atoms with van der Waals surface area (Å²) in [5.74, 6) is 5.29. The van der Waals surface area contributed by atoms with Crippen LogP contribution in [0.15, 0.2) is 17.1 Å². The highest BCUT2D eigenvalue weighted by Gasteiger charge is 2.06. The maximum absolute atomic E-state index is 5.77. The molecule has 1 atom stereocenters. The van der Waals surface area contributed by atoms with Gasteiger partial charge in [-0.2, -0.15) is 0 Å². The summed E-state index contributed by atoms with van der Waals surface area (Å²) in [5.41, 5.74) is 7.68. The number of hydrogen-bond acceptors (Lipinski definition) is 3. The van der Waals surface area contributed by atoms with Crippen LogP contribution in [0.1, 0.15) is 17.8 Å². The Bertz CT molecular complexity index is 309. The Morgan fingerprint density at radius 2 is 2.38 bits per heavy atom. The van der Waals surface area contributed by atoms with E-state index in [1.807, 2.05) is 19.1 Å². The second-order valence-corrected chi connectivity index (χ2v) is 4.22. The van der Waals surface area contributed by atoms with Crippen molar-refractivity contribution in [1.82, 2.24) is 5.43 Å². The van der Waals surface area contributed by atoms with Gasteiger partial charge in [-0.3, -0.25) is 5.43 Å². The van der Waals surface area contributed by atoms with E-state index in [-0.39, 0.29) is 12.0 Å². The molecule has 72 valence electrons. The number of guanidine groups is 1. The third-order valence-electron chi connectivity index (χ3n) is 1.49. The standard InChI is InChI=1S/C7H11ClN4S/c1-4(11-7(9)12-10)5-2-3-6(8)13-5/h2-4H,10H2,1H3,(H3,9,11,12). The number of rotatable bonds is 2. The molecule has 0 spiro atoms. The molecule has 0 amide bonds. The molecule has 0 bridgehead atoms. The van der Waals surface area contributed by atoms with Crippen molar-refractivity contribution in [3.8, 4) is 0 Å². The van der Waals surface area contributed by atoms with Gasteiger partial charge in [0, 0.05) is 4.88 Å². The number of hydrogen-bond donors (Lipinski definition) is 3. The fraction of sp³-hybridized carbons (Fsp3) is 0.286. The molecule has 4 nitrogen and oxygen atoms in total. The van der Waals surface area contributed by atoms with Gasteiger partial charge < -0.3 is 5.73 Å². The minimum atomic E-state index is -0.0199. The van der Waals surface area contributed by atoms with E-state index in [0.29, 0.717) is 0 Å². The zero-order valence-electron chi connectivity index (χ0n) is 7.12. The van der Waals surface area contributed by atoms with Crippen molar-refractivity contribution in [2.45, 2.75) is 13.0 Å². The van der Waals surface area contributed by atoms with Crippen molar-refractivity contribution < 1.29 is 0 Å². The van der Waals surface area contributed by atoms with Crippen LogP contribution in [-0.4, -0.2) is 5.96 Å². The molecule has 0 aliphatic rings. The number of nitrogens with two attached hydrogens (primary N) is 2. The SMILES string of the molecule is CC(N=C(N)NN)c1ccc(Cl)s1. The van der Waals surface area contributed by atoms with Crippen molar-refractivity contribution in [2.75, 3.05) is 0 Å². The molecular weight excluding hydrogens is 208 g/mol. The maximum atomic E-state index is 5.77. The topological polar surface area (TPSA) is 76.4 Å². The molecule has 6 heteroatoms. The fourth-order valence-electron chi connectivity index (χ4n) is 0.862. The second kappa shape index (κ2) is 4.45. The van der Waals surface area contributed by atoms with Crippen molar-refractivity contribution in [2.24, 2.45) is 16.6 Å². The number of hydrazine groups is 1. The Balaban J connectivity index is 2.74. The Kier molecular flexibility index (Phi) is 3.53. The molecule has 0 aliphatic heterocycles. The summed E-state index contributed by atoms with van der Waals surface area (Å²) in [6.45, 7) is 1.92. The highest BCUT2D eigenvalue weighted by atomic mass is 35.5. The third-order valence-corrected chi connectivity index (χ3v) is 2.89. The summed E-state index contributed by atoms with van der Waals surface area (Å²) in [7, 11) is 0. The van der Waals surface area contributed by atoms with E-state index in [2.05, 4.69) is 10.4 Å². The van der Waals surface area contributed by atoms with E-state index < -0.39 is 0 Å². The zero-order chi connectivity index (χ0) is 9.84. The van der Waals surface area contributed by atoms with E-state index >= 15 is 0 Å². The van der Waals surface area contributed by atoms with Gasteiger partial charge in [-0.05, 0) is 19.1 Å². The molecule has 1 heterocycles. The van der Waals surface area contributed by atoms with E-state index in [1.165, 1.54) is 11.3 Å². The van der Waals surface area contributed by atoms with Crippen LogP contribution < -0.4 is 17.0 Å². The lowest BCUT2D eigenvalue weighted by Gasteiger charge is -2.04.